The van der Waals surface area contributed by atoms with E-state index in [-0.39, 0.29) is 5.69 Å². The molecule has 0 fully saturated rings. The van der Waals surface area contributed by atoms with Crippen LogP contribution < -0.4 is 0 Å². The molecule has 0 aliphatic rings. The van der Waals surface area contributed by atoms with Gasteiger partial charge in [0.2, 0.25) is 5.95 Å². The van der Waals surface area contributed by atoms with E-state index in [2.05, 4.69) is 14.7 Å². The third-order valence-electron chi connectivity index (χ3n) is 2.23. The Morgan fingerprint density at radius 1 is 1.24 bits per heavy atom. The lowest BCUT2D eigenvalue weighted by Crippen LogP contribution is -2.07. The van der Waals surface area contributed by atoms with Gasteiger partial charge in [-0.25, -0.2) is 9.78 Å². The van der Waals surface area contributed by atoms with E-state index >= 15 is 0 Å². The largest absolute Gasteiger partial charge is 0.464 e. The molecule has 0 atom stereocenters. The van der Waals surface area contributed by atoms with E-state index in [9.17, 15) is 9.18 Å². The van der Waals surface area contributed by atoms with Crippen LogP contribution in [0.25, 0.3) is 11.1 Å². The topological polar surface area (TPSA) is 52.1 Å². The highest BCUT2D eigenvalue weighted by molar-refractivity contribution is 5.95. The van der Waals surface area contributed by atoms with Crippen LogP contribution in [0.4, 0.5) is 4.39 Å². The third-order valence-corrected chi connectivity index (χ3v) is 2.23. The van der Waals surface area contributed by atoms with Crippen LogP contribution in [0.1, 0.15) is 10.5 Å². The normalized spacial score (nSPS) is 10.0. The van der Waals surface area contributed by atoms with Gasteiger partial charge >= 0.3 is 5.97 Å². The number of nitrogens with zero attached hydrogens (tertiary/aromatic N) is 2. The van der Waals surface area contributed by atoms with Gasteiger partial charge in [0.15, 0.2) is 5.69 Å². The van der Waals surface area contributed by atoms with Crippen molar-refractivity contribution in [3.05, 3.63) is 48.3 Å². The summed E-state index contributed by atoms with van der Waals surface area (Å²) < 4.78 is 17.6. The molecule has 5 heteroatoms. The monoisotopic (exact) mass is 232 g/mol. The second kappa shape index (κ2) is 4.69. The number of ether oxygens (including phenoxy) is 1. The molecule has 17 heavy (non-hydrogen) atoms. The highest BCUT2D eigenvalue weighted by Gasteiger charge is 2.16. The van der Waals surface area contributed by atoms with Crippen LogP contribution in [-0.2, 0) is 4.74 Å². The minimum atomic E-state index is -0.719. The van der Waals surface area contributed by atoms with Crippen LogP contribution in [0.15, 0.2) is 36.7 Å². The number of hydrogen-bond acceptors (Lipinski definition) is 4. The molecule has 0 N–H and O–H groups in total. The lowest BCUT2D eigenvalue weighted by Gasteiger charge is -2.06. The van der Waals surface area contributed by atoms with Crippen molar-refractivity contribution in [3.63, 3.8) is 0 Å². The van der Waals surface area contributed by atoms with Crippen molar-refractivity contribution in [1.82, 2.24) is 9.97 Å². The van der Waals surface area contributed by atoms with Crippen molar-refractivity contribution >= 4 is 5.97 Å². The summed E-state index contributed by atoms with van der Waals surface area (Å²) in [6, 6.07) is 6.11. The van der Waals surface area contributed by atoms with E-state index < -0.39 is 11.9 Å². The number of carbonyl (C=O) groups is 1. The Morgan fingerprint density at radius 3 is 2.59 bits per heavy atom. The molecule has 0 saturated carbocycles. The highest BCUT2D eigenvalue weighted by Crippen LogP contribution is 2.22. The first-order valence-corrected chi connectivity index (χ1v) is 4.87. The molecular weight excluding hydrogens is 223 g/mol. The van der Waals surface area contributed by atoms with Crippen LogP contribution in [0.3, 0.4) is 0 Å². The fourth-order valence-corrected chi connectivity index (χ4v) is 1.45. The molecule has 0 radical (unpaired) electrons. The minimum Gasteiger partial charge on any atom is -0.464 e. The molecule has 86 valence electrons. The quantitative estimate of drug-likeness (QED) is 0.587. The van der Waals surface area contributed by atoms with Crippen LogP contribution >= 0.6 is 0 Å². The molecule has 0 unspecified atom stereocenters. The zero-order chi connectivity index (χ0) is 12.3. The highest BCUT2D eigenvalue weighted by atomic mass is 19.1. The van der Waals surface area contributed by atoms with Gasteiger partial charge in [0.1, 0.15) is 0 Å². The van der Waals surface area contributed by atoms with Crippen LogP contribution in [0.5, 0.6) is 0 Å². The lowest BCUT2D eigenvalue weighted by molar-refractivity contribution is 0.0593. The summed E-state index contributed by atoms with van der Waals surface area (Å²) in [7, 11) is 1.23. The third kappa shape index (κ3) is 2.28. The Bertz CT molecular complexity index is 543. The molecule has 0 aromatic carbocycles. The summed E-state index contributed by atoms with van der Waals surface area (Å²) in [5.41, 5.74) is 1.20. The number of hydrogen-bond donors (Lipinski definition) is 0. The van der Waals surface area contributed by atoms with E-state index in [1.165, 1.54) is 19.2 Å². The smallest absolute Gasteiger partial charge is 0.357 e. The van der Waals surface area contributed by atoms with E-state index in [1.807, 2.05) is 0 Å². The fourth-order valence-electron chi connectivity index (χ4n) is 1.45. The average Bonchev–Trinajstić information content (AvgIpc) is 2.38. The van der Waals surface area contributed by atoms with E-state index in [0.717, 1.165) is 5.56 Å². The Kier molecular flexibility index (Phi) is 3.09. The number of rotatable bonds is 2. The van der Waals surface area contributed by atoms with Crippen LogP contribution in [0, 0.1) is 5.95 Å². The predicted octanol–water partition coefficient (Wildman–Crippen LogP) is 2.07. The zero-order valence-electron chi connectivity index (χ0n) is 9.05. The maximum atomic E-state index is 13.0. The van der Waals surface area contributed by atoms with Gasteiger partial charge in [0.05, 0.1) is 7.11 Å². The summed E-state index contributed by atoms with van der Waals surface area (Å²) >= 11 is 0. The fraction of sp³-hybridized carbons (Fsp3) is 0.0833. The SMILES string of the molecule is COC(=O)c1nc(F)ccc1-c1ccncc1. The van der Waals surface area contributed by atoms with Crippen LogP contribution in [0.2, 0.25) is 0 Å². The van der Waals surface area contributed by atoms with Crippen molar-refractivity contribution in [2.75, 3.05) is 7.11 Å². The number of pyridine rings is 2. The molecule has 4 nitrogen and oxygen atoms in total. The molecule has 0 aliphatic heterocycles. The van der Waals surface area contributed by atoms with Gasteiger partial charge in [-0.2, -0.15) is 4.39 Å². The molecule has 0 saturated heterocycles. The number of methoxy groups -OCH3 is 1. The van der Waals surface area contributed by atoms with Crippen molar-refractivity contribution in [1.29, 1.82) is 0 Å². The predicted molar refractivity (Wildman–Crippen MR) is 58.8 cm³/mol. The van der Waals surface area contributed by atoms with Crippen LogP contribution in [-0.4, -0.2) is 23.0 Å². The maximum Gasteiger partial charge on any atom is 0.357 e. The Labute approximate surface area is 97.1 Å². The number of halogens is 1. The first-order chi connectivity index (χ1) is 8.22. The van der Waals surface area contributed by atoms with Gasteiger partial charge in [-0.15, -0.1) is 0 Å². The molecule has 2 aromatic heterocycles. The standard InChI is InChI=1S/C12H9FN2O2/c1-17-12(16)11-9(2-3-10(13)15-11)8-4-6-14-7-5-8/h2-7H,1H3. The summed E-state index contributed by atoms with van der Waals surface area (Å²) in [6.45, 7) is 0. The minimum absolute atomic E-state index is 0.0429. The molecule has 0 bridgehead atoms. The zero-order valence-corrected chi connectivity index (χ0v) is 9.05. The summed E-state index contributed by atoms with van der Waals surface area (Å²) in [5, 5.41) is 0. The van der Waals surface area contributed by atoms with E-state index in [1.54, 1.807) is 24.5 Å². The number of aromatic nitrogens is 2. The van der Waals surface area contributed by atoms with Gasteiger partial charge in [-0.1, -0.05) is 0 Å². The van der Waals surface area contributed by atoms with Crippen molar-refractivity contribution in [2.24, 2.45) is 0 Å². The van der Waals surface area contributed by atoms with Crippen molar-refractivity contribution < 1.29 is 13.9 Å². The lowest BCUT2D eigenvalue weighted by atomic mass is 10.1. The van der Waals surface area contributed by atoms with Gasteiger partial charge in [0, 0.05) is 18.0 Å². The number of esters is 1. The summed E-state index contributed by atoms with van der Waals surface area (Å²) in [5.74, 6) is -1.39. The Hall–Kier alpha value is -2.30. The maximum absolute atomic E-state index is 13.0. The molecule has 2 aromatic rings. The first-order valence-electron chi connectivity index (χ1n) is 4.87. The average molecular weight is 232 g/mol. The molecular formula is C12H9FN2O2. The van der Waals surface area contributed by atoms with Gasteiger partial charge < -0.3 is 4.74 Å². The molecule has 0 aliphatic carbocycles. The second-order valence-corrected chi connectivity index (χ2v) is 3.26. The second-order valence-electron chi connectivity index (χ2n) is 3.26. The molecule has 2 rings (SSSR count). The van der Waals surface area contributed by atoms with Gasteiger partial charge in [-0.3, -0.25) is 4.98 Å². The summed E-state index contributed by atoms with van der Waals surface area (Å²) in [4.78, 5) is 18.9. The molecule has 0 spiro atoms. The van der Waals surface area contributed by atoms with Crippen molar-refractivity contribution in [2.45, 2.75) is 0 Å². The number of carbonyl (C=O) groups excluding carboxylic acids is 1. The molecule has 0 amide bonds. The van der Waals surface area contributed by atoms with E-state index in [0.29, 0.717) is 5.56 Å². The van der Waals surface area contributed by atoms with Gasteiger partial charge in [0.25, 0.3) is 0 Å². The van der Waals surface area contributed by atoms with Crippen molar-refractivity contribution in [3.8, 4) is 11.1 Å². The summed E-state index contributed by atoms with van der Waals surface area (Å²) in [6.07, 6.45) is 3.17. The molecule has 2 heterocycles. The first kappa shape index (κ1) is 11.2. The van der Waals surface area contributed by atoms with Gasteiger partial charge in [-0.05, 0) is 29.8 Å². The van der Waals surface area contributed by atoms with E-state index in [4.69, 9.17) is 0 Å². The Morgan fingerprint density at radius 2 is 1.94 bits per heavy atom. The Balaban J connectivity index is 2.58.